The van der Waals surface area contributed by atoms with Crippen LogP contribution < -0.4 is 10.6 Å². The number of hydrogen-bond acceptors (Lipinski definition) is 4. The zero-order valence-electron chi connectivity index (χ0n) is 18.5. The molecule has 5 rings (SSSR count). The predicted molar refractivity (Wildman–Crippen MR) is 139 cm³/mol. The number of hydrogen-bond donors (Lipinski definition) is 2. The highest BCUT2D eigenvalue weighted by Crippen LogP contribution is 2.37. The zero-order chi connectivity index (χ0) is 23.7. The topological polar surface area (TPSA) is 58.2 Å². The van der Waals surface area contributed by atoms with Gasteiger partial charge < -0.3 is 10.6 Å². The number of fused-ring (bicyclic) bond motifs is 2. The highest BCUT2D eigenvalue weighted by atomic mass is 16.1. The molecule has 2 N–H and O–H groups in total. The van der Waals surface area contributed by atoms with Crippen LogP contribution in [0.4, 0.5) is 22.7 Å². The molecule has 0 aliphatic heterocycles. The van der Waals surface area contributed by atoms with Crippen LogP contribution in [0.3, 0.4) is 0 Å². The average Bonchev–Trinajstić information content (AvgIpc) is 2.88. The fourth-order valence-corrected chi connectivity index (χ4v) is 4.17. The molecule has 0 heterocycles. The lowest BCUT2D eigenvalue weighted by molar-refractivity contribution is 0.0980. The molecule has 1 aliphatic carbocycles. The molecule has 4 heteroatoms. The second-order valence-corrected chi connectivity index (χ2v) is 8.02. The minimum absolute atomic E-state index is 0.166. The second-order valence-electron chi connectivity index (χ2n) is 8.02. The lowest BCUT2D eigenvalue weighted by Gasteiger charge is -2.23. The number of rotatable bonds is 6. The van der Waals surface area contributed by atoms with E-state index in [1.165, 1.54) is 0 Å². The van der Waals surface area contributed by atoms with Gasteiger partial charge in [-0.05, 0) is 47.5 Å². The summed E-state index contributed by atoms with van der Waals surface area (Å²) in [5.74, 6) is -0.359. The van der Waals surface area contributed by atoms with Crippen LogP contribution in [-0.4, -0.2) is 11.6 Å². The minimum atomic E-state index is -0.193. The lowest BCUT2D eigenvalue weighted by Crippen LogP contribution is -2.23. The summed E-state index contributed by atoms with van der Waals surface area (Å²) in [6, 6.07) is 26.0. The van der Waals surface area contributed by atoms with E-state index >= 15 is 0 Å². The van der Waals surface area contributed by atoms with Crippen molar-refractivity contribution in [2.75, 3.05) is 10.6 Å². The van der Waals surface area contributed by atoms with Crippen molar-refractivity contribution in [2.45, 2.75) is 0 Å². The van der Waals surface area contributed by atoms with Crippen LogP contribution in [0.15, 0.2) is 98.1 Å². The Morgan fingerprint density at radius 2 is 0.941 bits per heavy atom. The smallest absolute Gasteiger partial charge is 0.198 e. The molecule has 0 amide bonds. The normalized spacial score (nSPS) is 11.9. The van der Waals surface area contributed by atoms with Gasteiger partial charge in [0, 0.05) is 22.5 Å². The number of anilines is 4. The van der Waals surface area contributed by atoms with Crippen molar-refractivity contribution in [1.29, 1.82) is 0 Å². The van der Waals surface area contributed by atoms with Crippen LogP contribution in [-0.2, 0) is 0 Å². The van der Waals surface area contributed by atoms with Gasteiger partial charge in [-0.3, -0.25) is 9.59 Å². The Balaban J connectivity index is 1.56. The van der Waals surface area contributed by atoms with Crippen LogP contribution in [0, 0.1) is 0 Å². The molecule has 0 bridgehead atoms. The summed E-state index contributed by atoms with van der Waals surface area (Å²) in [5.41, 5.74) is 6.38. The third kappa shape index (κ3) is 3.71. The number of carbonyl (C=O) groups excluding carboxylic acids is 2. The SMILES string of the molecule is C=Cc1ccc(Nc2cccc3c2C(=O)c2c(Nc4ccc(C=C)cc4)cccc2C3=O)cc1. The monoisotopic (exact) mass is 442 g/mol. The average molecular weight is 443 g/mol. The Labute approximate surface area is 198 Å². The molecule has 0 spiro atoms. The van der Waals surface area contributed by atoms with Crippen molar-refractivity contribution in [3.63, 3.8) is 0 Å². The molecule has 164 valence electrons. The van der Waals surface area contributed by atoms with E-state index in [2.05, 4.69) is 23.8 Å². The first kappa shape index (κ1) is 21.2. The van der Waals surface area contributed by atoms with Crippen molar-refractivity contribution in [1.82, 2.24) is 0 Å². The maximum atomic E-state index is 13.8. The first-order valence-corrected chi connectivity index (χ1v) is 10.9. The Morgan fingerprint density at radius 1 is 0.529 bits per heavy atom. The molecule has 0 atom stereocenters. The van der Waals surface area contributed by atoms with E-state index in [0.717, 1.165) is 22.5 Å². The molecule has 0 fully saturated rings. The van der Waals surface area contributed by atoms with E-state index in [1.54, 1.807) is 36.4 Å². The zero-order valence-corrected chi connectivity index (χ0v) is 18.5. The Hall–Kier alpha value is -4.70. The summed E-state index contributed by atoms with van der Waals surface area (Å²) in [7, 11) is 0. The van der Waals surface area contributed by atoms with E-state index < -0.39 is 0 Å². The van der Waals surface area contributed by atoms with Crippen LogP contribution in [0.1, 0.15) is 43.0 Å². The molecule has 0 saturated carbocycles. The summed E-state index contributed by atoms with van der Waals surface area (Å²) < 4.78 is 0. The third-order valence-electron chi connectivity index (χ3n) is 5.92. The summed E-state index contributed by atoms with van der Waals surface area (Å²) in [4.78, 5) is 27.2. The molecule has 0 aromatic heterocycles. The summed E-state index contributed by atoms with van der Waals surface area (Å²) in [6.07, 6.45) is 3.54. The van der Waals surface area contributed by atoms with Crippen LogP contribution in [0.5, 0.6) is 0 Å². The molecule has 0 unspecified atom stereocenters. The minimum Gasteiger partial charge on any atom is -0.355 e. The molecule has 4 aromatic rings. The second kappa shape index (κ2) is 8.68. The number of benzene rings is 4. The Bertz CT molecular complexity index is 1340. The summed E-state index contributed by atoms with van der Waals surface area (Å²) in [6.45, 7) is 7.55. The van der Waals surface area contributed by atoms with Crippen molar-refractivity contribution in [3.05, 3.63) is 131 Å². The summed E-state index contributed by atoms with van der Waals surface area (Å²) >= 11 is 0. The van der Waals surface area contributed by atoms with E-state index in [1.807, 2.05) is 60.7 Å². The summed E-state index contributed by atoms with van der Waals surface area (Å²) in [5, 5.41) is 6.62. The fourth-order valence-electron chi connectivity index (χ4n) is 4.17. The van der Waals surface area contributed by atoms with Gasteiger partial charge in [-0.15, -0.1) is 0 Å². The molecule has 4 aromatic carbocycles. The quantitative estimate of drug-likeness (QED) is 0.291. The van der Waals surface area contributed by atoms with Crippen molar-refractivity contribution < 1.29 is 9.59 Å². The number of nitrogens with one attached hydrogen (secondary N) is 2. The van der Waals surface area contributed by atoms with Gasteiger partial charge in [0.25, 0.3) is 0 Å². The first-order valence-electron chi connectivity index (χ1n) is 10.9. The van der Waals surface area contributed by atoms with Gasteiger partial charge in [0.05, 0.1) is 22.5 Å². The van der Waals surface area contributed by atoms with Crippen molar-refractivity contribution in [2.24, 2.45) is 0 Å². The maximum Gasteiger partial charge on any atom is 0.198 e. The molecular formula is C30H22N2O2. The van der Waals surface area contributed by atoms with E-state index in [9.17, 15) is 9.59 Å². The van der Waals surface area contributed by atoms with E-state index in [-0.39, 0.29) is 11.6 Å². The van der Waals surface area contributed by atoms with E-state index in [4.69, 9.17) is 0 Å². The van der Waals surface area contributed by atoms with Crippen LogP contribution in [0.25, 0.3) is 12.2 Å². The van der Waals surface area contributed by atoms with Crippen molar-refractivity contribution in [3.8, 4) is 0 Å². The highest BCUT2D eigenvalue weighted by Gasteiger charge is 2.33. The fraction of sp³-hybridized carbons (Fsp3) is 0. The van der Waals surface area contributed by atoms with Gasteiger partial charge in [0.1, 0.15) is 0 Å². The van der Waals surface area contributed by atoms with Gasteiger partial charge in [-0.2, -0.15) is 0 Å². The molecular weight excluding hydrogens is 420 g/mol. The van der Waals surface area contributed by atoms with Crippen LogP contribution in [0.2, 0.25) is 0 Å². The first-order chi connectivity index (χ1) is 16.6. The largest absolute Gasteiger partial charge is 0.355 e. The highest BCUT2D eigenvalue weighted by molar-refractivity contribution is 6.32. The maximum absolute atomic E-state index is 13.8. The van der Waals surface area contributed by atoms with Crippen molar-refractivity contribution >= 4 is 46.5 Å². The Morgan fingerprint density at radius 3 is 1.32 bits per heavy atom. The number of ketones is 2. The molecule has 34 heavy (non-hydrogen) atoms. The standard InChI is InChI=1S/C30H22N2O2/c1-3-19-11-15-21(16-12-19)31-25-9-5-7-23-27(25)30(34)28-24(29(23)33)8-6-10-26(28)32-22-17-13-20(4-2)14-18-22/h3-18,31-32H,1-2H2. The van der Waals surface area contributed by atoms with Gasteiger partial charge in [0.2, 0.25) is 0 Å². The van der Waals surface area contributed by atoms with Gasteiger partial charge >= 0.3 is 0 Å². The Kier molecular flexibility index (Phi) is 5.40. The van der Waals surface area contributed by atoms with Gasteiger partial charge in [-0.25, -0.2) is 0 Å². The molecule has 0 saturated heterocycles. The van der Waals surface area contributed by atoms with E-state index in [0.29, 0.717) is 33.6 Å². The number of carbonyl (C=O) groups is 2. The van der Waals surface area contributed by atoms with Crippen LogP contribution >= 0.6 is 0 Å². The van der Waals surface area contributed by atoms with Gasteiger partial charge in [-0.1, -0.05) is 73.8 Å². The third-order valence-corrected chi connectivity index (χ3v) is 5.92. The lowest BCUT2D eigenvalue weighted by atomic mass is 9.82. The molecule has 1 aliphatic rings. The molecule has 0 radical (unpaired) electrons. The molecule has 4 nitrogen and oxygen atoms in total. The predicted octanol–water partition coefficient (Wildman–Crippen LogP) is 7.24. The van der Waals surface area contributed by atoms with Gasteiger partial charge in [0.15, 0.2) is 11.6 Å².